The first-order valence-electron chi connectivity index (χ1n) is 6.49. The van der Waals surface area contributed by atoms with Crippen LogP contribution >= 0.6 is 0 Å². The maximum absolute atomic E-state index is 5.79. The van der Waals surface area contributed by atoms with Gasteiger partial charge in [0.15, 0.2) is 0 Å². The van der Waals surface area contributed by atoms with Crippen molar-refractivity contribution >= 4 is 0 Å². The Bertz CT molecular complexity index is 564. The topological polar surface area (TPSA) is 35.4 Å². The van der Waals surface area contributed by atoms with Gasteiger partial charge in [-0.15, -0.1) is 0 Å². The molecule has 0 fully saturated rings. The summed E-state index contributed by atoms with van der Waals surface area (Å²) < 4.78 is 13.2. The highest BCUT2D eigenvalue weighted by atomic mass is 16.5. The van der Waals surface area contributed by atoms with Gasteiger partial charge in [0.05, 0.1) is 13.7 Å². The van der Waals surface area contributed by atoms with Crippen LogP contribution in [0.3, 0.4) is 0 Å². The molecule has 0 saturated heterocycles. The molecule has 0 bridgehead atoms. The molecule has 0 spiro atoms. The lowest BCUT2D eigenvalue weighted by molar-refractivity contribution is 0.254. The van der Waals surface area contributed by atoms with Gasteiger partial charge in [-0.25, -0.2) is 0 Å². The Morgan fingerprint density at radius 2 is 2.16 bits per heavy atom. The van der Waals surface area contributed by atoms with E-state index in [1.807, 2.05) is 29.2 Å². The number of nitrogens with zero attached hydrogens (tertiary/aromatic N) is 1. The van der Waals surface area contributed by atoms with Gasteiger partial charge in [-0.05, 0) is 31.2 Å². The van der Waals surface area contributed by atoms with Crippen molar-refractivity contribution in [2.45, 2.75) is 26.0 Å². The molecule has 1 aromatic carbocycles. The van der Waals surface area contributed by atoms with Crippen molar-refractivity contribution in [1.29, 1.82) is 0 Å². The second-order valence-corrected chi connectivity index (χ2v) is 4.83. The molecule has 0 aliphatic carbocycles. The maximum atomic E-state index is 5.79. The van der Waals surface area contributed by atoms with Crippen LogP contribution in [0, 0.1) is 0 Å². The second-order valence-electron chi connectivity index (χ2n) is 4.83. The molecule has 1 aromatic heterocycles. The SMILES string of the molecule is COc1cc2c(cc1CNn1cccc1)OC(C)C2. The number of ether oxygens (including phenoxy) is 2. The number of aromatic nitrogens is 1. The lowest BCUT2D eigenvalue weighted by Crippen LogP contribution is -2.12. The van der Waals surface area contributed by atoms with Crippen molar-refractivity contribution in [2.24, 2.45) is 0 Å². The van der Waals surface area contributed by atoms with Crippen molar-refractivity contribution in [3.63, 3.8) is 0 Å². The highest BCUT2D eigenvalue weighted by Crippen LogP contribution is 2.34. The van der Waals surface area contributed by atoms with Crippen molar-refractivity contribution in [1.82, 2.24) is 4.68 Å². The molecular weight excluding hydrogens is 240 g/mol. The second kappa shape index (κ2) is 4.88. The van der Waals surface area contributed by atoms with Crippen LogP contribution in [-0.4, -0.2) is 17.9 Å². The van der Waals surface area contributed by atoms with Gasteiger partial charge in [0.25, 0.3) is 0 Å². The Morgan fingerprint density at radius 1 is 1.37 bits per heavy atom. The smallest absolute Gasteiger partial charge is 0.124 e. The number of hydrogen-bond acceptors (Lipinski definition) is 3. The minimum absolute atomic E-state index is 0.257. The van der Waals surface area contributed by atoms with E-state index in [0.29, 0.717) is 6.54 Å². The van der Waals surface area contributed by atoms with E-state index < -0.39 is 0 Å². The predicted octanol–water partition coefficient (Wildman–Crippen LogP) is 2.56. The fourth-order valence-electron chi connectivity index (χ4n) is 2.43. The average molecular weight is 258 g/mol. The first kappa shape index (κ1) is 12.0. The van der Waals surface area contributed by atoms with Crippen molar-refractivity contribution in [3.05, 3.63) is 47.8 Å². The zero-order valence-corrected chi connectivity index (χ0v) is 11.2. The molecule has 4 nitrogen and oxygen atoms in total. The van der Waals surface area contributed by atoms with E-state index in [2.05, 4.69) is 24.5 Å². The molecule has 1 aliphatic heterocycles. The molecule has 100 valence electrons. The third kappa shape index (κ3) is 2.38. The van der Waals surface area contributed by atoms with Crippen LogP contribution in [0.25, 0.3) is 0 Å². The van der Waals surface area contributed by atoms with Gasteiger partial charge in [0.1, 0.15) is 17.6 Å². The van der Waals surface area contributed by atoms with Gasteiger partial charge in [-0.2, -0.15) is 0 Å². The summed E-state index contributed by atoms with van der Waals surface area (Å²) in [5.74, 6) is 1.90. The predicted molar refractivity (Wildman–Crippen MR) is 74.3 cm³/mol. The Morgan fingerprint density at radius 3 is 2.89 bits per heavy atom. The third-order valence-electron chi connectivity index (χ3n) is 3.36. The van der Waals surface area contributed by atoms with E-state index in [9.17, 15) is 0 Å². The highest BCUT2D eigenvalue weighted by molar-refractivity contribution is 5.49. The Hall–Kier alpha value is -2.10. The fourth-order valence-corrected chi connectivity index (χ4v) is 2.43. The van der Waals surface area contributed by atoms with Gasteiger partial charge in [-0.1, -0.05) is 0 Å². The summed E-state index contributed by atoms with van der Waals surface area (Å²) in [4.78, 5) is 0. The zero-order valence-electron chi connectivity index (χ0n) is 11.2. The highest BCUT2D eigenvalue weighted by Gasteiger charge is 2.21. The van der Waals surface area contributed by atoms with E-state index in [-0.39, 0.29) is 6.10 Å². The van der Waals surface area contributed by atoms with Gasteiger partial charge in [0.2, 0.25) is 0 Å². The van der Waals surface area contributed by atoms with E-state index in [1.54, 1.807) is 7.11 Å². The Kier molecular flexibility index (Phi) is 3.07. The number of nitrogens with one attached hydrogen (secondary N) is 1. The summed E-state index contributed by atoms with van der Waals surface area (Å²) in [5, 5.41) is 0. The molecule has 2 aromatic rings. The van der Waals surface area contributed by atoms with E-state index in [0.717, 1.165) is 23.5 Å². The van der Waals surface area contributed by atoms with Crippen LogP contribution in [0.4, 0.5) is 0 Å². The van der Waals surface area contributed by atoms with E-state index in [1.165, 1.54) is 5.56 Å². The van der Waals surface area contributed by atoms with Crippen LogP contribution < -0.4 is 14.9 Å². The summed E-state index contributed by atoms with van der Waals surface area (Å²) in [6, 6.07) is 8.13. The normalized spacial score (nSPS) is 16.8. The number of rotatable bonds is 4. The quantitative estimate of drug-likeness (QED) is 0.915. The minimum Gasteiger partial charge on any atom is -0.496 e. The lowest BCUT2D eigenvalue weighted by atomic mass is 10.1. The molecule has 3 rings (SSSR count). The molecule has 0 amide bonds. The fraction of sp³-hybridized carbons (Fsp3) is 0.333. The first-order chi connectivity index (χ1) is 9.26. The van der Waals surface area contributed by atoms with Gasteiger partial charge < -0.3 is 14.9 Å². The summed E-state index contributed by atoms with van der Waals surface area (Å²) in [5.41, 5.74) is 5.63. The molecule has 1 atom stereocenters. The largest absolute Gasteiger partial charge is 0.496 e. The molecule has 1 N–H and O–H groups in total. The van der Waals surface area contributed by atoms with E-state index in [4.69, 9.17) is 9.47 Å². The molecule has 19 heavy (non-hydrogen) atoms. The summed E-state index contributed by atoms with van der Waals surface area (Å²) >= 11 is 0. The molecule has 0 saturated carbocycles. The number of hydrogen-bond donors (Lipinski definition) is 1. The monoisotopic (exact) mass is 258 g/mol. The first-order valence-corrected chi connectivity index (χ1v) is 6.49. The summed E-state index contributed by atoms with van der Waals surface area (Å²) in [7, 11) is 1.71. The van der Waals surface area contributed by atoms with Gasteiger partial charge in [0, 0.05) is 29.9 Å². The molecule has 0 radical (unpaired) electrons. The number of methoxy groups -OCH3 is 1. The summed E-state index contributed by atoms with van der Waals surface area (Å²) in [6.45, 7) is 2.78. The van der Waals surface area contributed by atoms with Gasteiger partial charge in [-0.3, -0.25) is 4.68 Å². The minimum atomic E-state index is 0.257. The van der Waals surface area contributed by atoms with Crippen LogP contribution in [0.15, 0.2) is 36.7 Å². The van der Waals surface area contributed by atoms with E-state index >= 15 is 0 Å². The average Bonchev–Trinajstić information content (AvgIpc) is 3.02. The van der Waals surface area contributed by atoms with Crippen LogP contribution in [-0.2, 0) is 13.0 Å². The summed E-state index contributed by atoms with van der Waals surface area (Å²) in [6.07, 6.45) is 5.15. The van der Waals surface area contributed by atoms with Gasteiger partial charge >= 0.3 is 0 Å². The lowest BCUT2D eigenvalue weighted by Gasteiger charge is -2.13. The molecule has 1 aliphatic rings. The van der Waals surface area contributed by atoms with Crippen LogP contribution in [0.5, 0.6) is 11.5 Å². The third-order valence-corrected chi connectivity index (χ3v) is 3.36. The van der Waals surface area contributed by atoms with Crippen molar-refractivity contribution in [2.75, 3.05) is 12.5 Å². The number of fused-ring (bicyclic) bond motifs is 1. The maximum Gasteiger partial charge on any atom is 0.124 e. The molecular formula is C15H18N2O2. The van der Waals surface area contributed by atoms with Crippen LogP contribution in [0.2, 0.25) is 0 Å². The van der Waals surface area contributed by atoms with Crippen molar-refractivity contribution in [3.8, 4) is 11.5 Å². The standard InChI is InChI=1S/C15H18N2O2/c1-11-7-12-8-14(18-2)13(9-15(12)19-11)10-16-17-5-3-4-6-17/h3-6,8-9,11,16H,7,10H2,1-2H3. The van der Waals surface area contributed by atoms with Crippen LogP contribution in [0.1, 0.15) is 18.1 Å². The Balaban J connectivity index is 1.82. The zero-order chi connectivity index (χ0) is 13.2. The number of benzene rings is 1. The molecule has 2 heterocycles. The Labute approximate surface area is 112 Å². The van der Waals surface area contributed by atoms with Crippen molar-refractivity contribution < 1.29 is 9.47 Å². The molecule has 4 heteroatoms. The molecule has 1 unspecified atom stereocenters.